The summed E-state index contributed by atoms with van der Waals surface area (Å²) >= 11 is 0. The van der Waals surface area contributed by atoms with Gasteiger partial charge in [0, 0.05) is 0 Å². The van der Waals surface area contributed by atoms with Crippen molar-refractivity contribution >= 4 is 10.8 Å². The van der Waals surface area contributed by atoms with Gasteiger partial charge >= 0.3 is 0 Å². The molecule has 4 unspecified atom stereocenters. The zero-order valence-electron chi connectivity index (χ0n) is 13.7. The summed E-state index contributed by atoms with van der Waals surface area (Å²) in [5.41, 5.74) is 1.07. The minimum absolute atomic E-state index is 0.136. The Morgan fingerprint density at radius 2 is 1.65 bits per heavy atom. The van der Waals surface area contributed by atoms with Gasteiger partial charge in [0.15, 0.2) is 0 Å². The van der Waals surface area contributed by atoms with E-state index in [4.69, 9.17) is 0 Å². The highest BCUT2D eigenvalue weighted by atomic mass is 19.1. The van der Waals surface area contributed by atoms with Gasteiger partial charge in [0.25, 0.3) is 0 Å². The molecule has 0 radical (unpaired) electrons. The SMILES string of the molecule is CC1CCC2CC(c3cc(F)c4c(F)cccc4c3)CCC2C1. The minimum Gasteiger partial charge on any atom is -0.206 e. The van der Waals surface area contributed by atoms with E-state index in [2.05, 4.69) is 6.92 Å². The number of halogens is 2. The summed E-state index contributed by atoms with van der Waals surface area (Å²) in [6, 6.07) is 8.42. The molecule has 0 heterocycles. The van der Waals surface area contributed by atoms with Gasteiger partial charge in [-0.05, 0) is 78.9 Å². The van der Waals surface area contributed by atoms with Crippen LogP contribution in [-0.2, 0) is 0 Å². The number of hydrogen-bond acceptors (Lipinski definition) is 0. The van der Waals surface area contributed by atoms with Crippen LogP contribution in [0, 0.1) is 29.4 Å². The third-order valence-corrected chi connectivity index (χ3v) is 6.25. The third kappa shape index (κ3) is 2.77. The molecule has 2 aromatic carbocycles. The monoisotopic (exact) mass is 314 g/mol. The van der Waals surface area contributed by atoms with Crippen LogP contribution in [-0.4, -0.2) is 0 Å². The molecule has 0 aromatic heterocycles. The highest BCUT2D eigenvalue weighted by Gasteiger charge is 2.35. The fourth-order valence-corrected chi connectivity index (χ4v) is 5.02. The highest BCUT2D eigenvalue weighted by molar-refractivity contribution is 5.84. The maximum atomic E-state index is 14.4. The Hall–Kier alpha value is -1.44. The van der Waals surface area contributed by atoms with Crippen molar-refractivity contribution in [1.82, 2.24) is 0 Å². The van der Waals surface area contributed by atoms with E-state index < -0.39 is 11.6 Å². The normalized spacial score (nSPS) is 31.1. The van der Waals surface area contributed by atoms with Crippen molar-refractivity contribution in [2.24, 2.45) is 17.8 Å². The van der Waals surface area contributed by atoms with Crippen LogP contribution in [0.4, 0.5) is 8.78 Å². The Morgan fingerprint density at radius 1 is 0.870 bits per heavy atom. The smallest absolute Gasteiger partial charge is 0.134 e. The molecule has 2 heteroatoms. The van der Waals surface area contributed by atoms with Crippen molar-refractivity contribution in [1.29, 1.82) is 0 Å². The van der Waals surface area contributed by atoms with Crippen LogP contribution in [0.1, 0.15) is 56.9 Å². The molecular weight excluding hydrogens is 290 g/mol. The van der Waals surface area contributed by atoms with Gasteiger partial charge < -0.3 is 0 Å². The van der Waals surface area contributed by atoms with E-state index in [1.165, 1.54) is 38.2 Å². The molecule has 0 bridgehead atoms. The zero-order chi connectivity index (χ0) is 16.0. The lowest BCUT2D eigenvalue weighted by atomic mass is 9.64. The molecule has 2 aromatic rings. The van der Waals surface area contributed by atoms with E-state index in [9.17, 15) is 8.78 Å². The molecule has 0 saturated heterocycles. The van der Waals surface area contributed by atoms with Crippen LogP contribution < -0.4 is 0 Å². The quantitative estimate of drug-likeness (QED) is 0.568. The van der Waals surface area contributed by atoms with Gasteiger partial charge in [-0.2, -0.15) is 0 Å². The van der Waals surface area contributed by atoms with E-state index in [0.29, 0.717) is 11.3 Å². The zero-order valence-corrected chi connectivity index (χ0v) is 13.7. The first kappa shape index (κ1) is 15.1. The van der Waals surface area contributed by atoms with E-state index in [1.54, 1.807) is 12.1 Å². The maximum Gasteiger partial charge on any atom is 0.134 e. The minimum atomic E-state index is -0.462. The first-order chi connectivity index (χ1) is 11.1. The third-order valence-electron chi connectivity index (χ3n) is 6.25. The summed E-state index contributed by atoms with van der Waals surface area (Å²) in [6.45, 7) is 2.37. The van der Waals surface area contributed by atoms with Crippen LogP contribution in [0.2, 0.25) is 0 Å². The summed E-state index contributed by atoms with van der Waals surface area (Å²) in [6.07, 6.45) is 7.63. The van der Waals surface area contributed by atoms with Gasteiger partial charge in [-0.25, -0.2) is 8.78 Å². The molecule has 2 fully saturated rings. The van der Waals surface area contributed by atoms with E-state index in [0.717, 1.165) is 29.7 Å². The van der Waals surface area contributed by atoms with Gasteiger partial charge in [0.1, 0.15) is 11.6 Å². The van der Waals surface area contributed by atoms with Crippen molar-refractivity contribution in [2.45, 2.75) is 51.4 Å². The lowest BCUT2D eigenvalue weighted by molar-refractivity contribution is 0.124. The second-order valence-electron chi connectivity index (χ2n) is 7.79. The van der Waals surface area contributed by atoms with Crippen molar-refractivity contribution in [3.63, 3.8) is 0 Å². The molecule has 2 aliphatic rings. The average Bonchev–Trinajstić information content (AvgIpc) is 2.54. The van der Waals surface area contributed by atoms with E-state index in [1.807, 2.05) is 12.1 Å². The molecule has 0 nitrogen and oxygen atoms in total. The van der Waals surface area contributed by atoms with E-state index in [-0.39, 0.29) is 5.39 Å². The average molecular weight is 314 g/mol. The summed E-state index contributed by atoms with van der Waals surface area (Å²) in [4.78, 5) is 0. The molecule has 2 saturated carbocycles. The van der Waals surface area contributed by atoms with Crippen LogP contribution in [0.5, 0.6) is 0 Å². The summed E-state index contributed by atoms with van der Waals surface area (Å²) in [7, 11) is 0. The van der Waals surface area contributed by atoms with Crippen molar-refractivity contribution in [2.75, 3.05) is 0 Å². The fraction of sp³-hybridized carbons (Fsp3) is 0.524. The molecule has 0 N–H and O–H groups in total. The van der Waals surface area contributed by atoms with Crippen molar-refractivity contribution in [3.05, 3.63) is 47.5 Å². The van der Waals surface area contributed by atoms with Gasteiger partial charge in [-0.1, -0.05) is 31.5 Å². The first-order valence-electron chi connectivity index (χ1n) is 8.99. The van der Waals surface area contributed by atoms with Gasteiger partial charge in [0.2, 0.25) is 0 Å². The van der Waals surface area contributed by atoms with Gasteiger partial charge in [-0.15, -0.1) is 0 Å². The number of fused-ring (bicyclic) bond motifs is 2. The predicted octanol–water partition coefficient (Wildman–Crippen LogP) is 6.44. The highest BCUT2D eigenvalue weighted by Crippen LogP contribution is 2.47. The Morgan fingerprint density at radius 3 is 2.52 bits per heavy atom. The lowest BCUT2D eigenvalue weighted by Gasteiger charge is -2.41. The molecule has 0 spiro atoms. The van der Waals surface area contributed by atoms with Crippen LogP contribution in [0.25, 0.3) is 10.8 Å². The van der Waals surface area contributed by atoms with Crippen molar-refractivity contribution in [3.8, 4) is 0 Å². The molecule has 0 aliphatic heterocycles. The number of rotatable bonds is 1. The standard InChI is InChI=1S/C21H24F2/c1-13-5-6-15-10-16(8-7-14(15)9-13)18-11-17-3-2-4-19(22)21(17)20(23)12-18/h2-4,11-16H,5-10H2,1H3. The Kier molecular flexibility index (Phi) is 3.87. The Labute approximate surface area is 136 Å². The van der Waals surface area contributed by atoms with Crippen molar-refractivity contribution < 1.29 is 8.78 Å². The Balaban J connectivity index is 1.63. The number of benzene rings is 2. The molecule has 0 amide bonds. The predicted molar refractivity (Wildman–Crippen MR) is 90.5 cm³/mol. The number of hydrogen-bond donors (Lipinski definition) is 0. The van der Waals surface area contributed by atoms with Crippen LogP contribution >= 0.6 is 0 Å². The summed E-state index contributed by atoms with van der Waals surface area (Å²) < 4.78 is 28.2. The van der Waals surface area contributed by atoms with Gasteiger partial charge in [0.05, 0.1) is 5.39 Å². The molecule has 2 aliphatic carbocycles. The first-order valence-corrected chi connectivity index (χ1v) is 8.99. The second-order valence-corrected chi connectivity index (χ2v) is 7.79. The lowest BCUT2D eigenvalue weighted by Crippen LogP contribution is -2.29. The second kappa shape index (κ2) is 5.89. The molecular formula is C21H24F2. The summed E-state index contributed by atoms with van der Waals surface area (Å²) in [5.74, 6) is 2.11. The molecule has 122 valence electrons. The summed E-state index contributed by atoms with van der Waals surface area (Å²) in [5, 5.41) is 0.829. The Bertz CT molecular complexity index is 721. The van der Waals surface area contributed by atoms with E-state index >= 15 is 0 Å². The van der Waals surface area contributed by atoms with Crippen LogP contribution in [0.3, 0.4) is 0 Å². The topological polar surface area (TPSA) is 0 Å². The fourth-order valence-electron chi connectivity index (χ4n) is 5.02. The molecule has 4 atom stereocenters. The largest absolute Gasteiger partial charge is 0.206 e. The molecule has 23 heavy (non-hydrogen) atoms. The van der Waals surface area contributed by atoms with Gasteiger partial charge in [-0.3, -0.25) is 0 Å². The maximum absolute atomic E-state index is 14.4. The molecule has 4 rings (SSSR count). The van der Waals surface area contributed by atoms with Crippen LogP contribution in [0.15, 0.2) is 30.3 Å².